The Balaban J connectivity index is 1.65. The highest BCUT2D eigenvalue weighted by Crippen LogP contribution is 2.25. The second kappa shape index (κ2) is 8.67. The van der Waals surface area contributed by atoms with E-state index in [1.54, 1.807) is 13.2 Å². The molecule has 3 rings (SSSR count). The van der Waals surface area contributed by atoms with Gasteiger partial charge in [0.25, 0.3) is 5.91 Å². The van der Waals surface area contributed by atoms with E-state index in [0.717, 1.165) is 10.4 Å². The lowest BCUT2D eigenvalue weighted by Gasteiger charge is -2.18. The number of hydrogen-bond acceptors (Lipinski definition) is 5. The highest BCUT2D eigenvalue weighted by atomic mass is 32.1. The fourth-order valence-corrected chi connectivity index (χ4v) is 3.59. The lowest BCUT2D eigenvalue weighted by molar-refractivity contribution is -0.124. The zero-order valence-corrected chi connectivity index (χ0v) is 16.4. The Morgan fingerprint density at radius 3 is 2.50 bits per heavy atom. The zero-order chi connectivity index (χ0) is 20.1. The molecule has 1 N–H and O–H groups in total. The number of hydrogen-bond donors (Lipinski definition) is 1. The number of esters is 1. The van der Waals surface area contributed by atoms with Crippen LogP contribution in [-0.4, -0.2) is 28.8 Å². The van der Waals surface area contributed by atoms with E-state index in [4.69, 9.17) is 4.74 Å². The van der Waals surface area contributed by atoms with Gasteiger partial charge < -0.3 is 14.6 Å². The number of Topliss-reactive ketones (excluding diaryl/α,β-unsaturated/α-hetero) is 1. The average Bonchev–Trinajstić information content (AvgIpc) is 3.35. The van der Waals surface area contributed by atoms with Crippen LogP contribution in [0, 0.1) is 0 Å². The van der Waals surface area contributed by atoms with Gasteiger partial charge in [-0.15, -0.1) is 11.3 Å². The number of ether oxygens (including phenoxy) is 1. The first-order chi connectivity index (χ1) is 13.5. The number of amides is 1. The molecule has 144 valence electrons. The molecule has 28 heavy (non-hydrogen) atoms. The van der Waals surface area contributed by atoms with Crippen molar-refractivity contribution in [2.45, 2.75) is 13.0 Å². The van der Waals surface area contributed by atoms with Crippen molar-refractivity contribution in [1.29, 1.82) is 0 Å². The number of nitrogens with zero attached hydrogens (tertiary/aromatic N) is 1. The number of aromatic nitrogens is 1. The number of carbonyl (C=O) groups excluding carboxylic acids is 3. The largest absolute Gasteiger partial charge is 0.451 e. The minimum absolute atomic E-state index is 0.144. The summed E-state index contributed by atoms with van der Waals surface area (Å²) in [5.41, 5.74) is 1.58. The Labute approximate surface area is 166 Å². The van der Waals surface area contributed by atoms with E-state index in [-0.39, 0.29) is 17.5 Å². The third kappa shape index (κ3) is 4.55. The van der Waals surface area contributed by atoms with Gasteiger partial charge in [0.1, 0.15) is 5.69 Å². The normalized spacial score (nSPS) is 11.6. The Kier molecular flexibility index (Phi) is 6.06. The molecule has 0 aliphatic heterocycles. The van der Waals surface area contributed by atoms with E-state index >= 15 is 0 Å². The molecule has 3 aromatic rings. The molecule has 0 unspecified atom stereocenters. The fourth-order valence-electron chi connectivity index (χ4n) is 2.79. The molecule has 0 aliphatic rings. The number of carbonyl (C=O) groups is 3. The number of ketones is 1. The van der Waals surface area contributed by atoms with Gasteiger partial charge in [0.15, 0.2) is 12.4 Å². The van der Waals surface area contributed by atoms with Gasteiger partial charge >= 0.3 is 5.97 Å². The van der Waals surface area contributed by atoms with Crippen LogP contribution in [0.25, 0.3) is 0 Å². The van der Waals surface area contributed by atoms with Gasteiger partial charge in [0.05, 0.1) is 6.04 Å². The van der Waals surface area contributed by atoms with E-state index < -0.39 is 18.5 Å². The van der Waals surface area contributed by atoms with Crippen molar-refractivity contribution in [3.63, 3.8) is 0 Å². The minimum atomic E-state index is -0.655. The van der Waals surface area contributed by atoms with Crippen LogP contribution in [0.4, 0.5) is 0 Å². The van der Waals surface area contributed by atoms with Gasteiger partial charge in [-0.2, -0.15) is 0 Å². The molecule has 0 spiro atoms. The maximum atomic E-state index is 12.4. The Hall–Kier alpha value is -3.19. The average molecular weight is 396 g/mol. The number of aryl methyl sites for hydroxylation is 1. The molecule has 0 fully saturated rings. The van der Waals surface area contributed by atoms with Crippen molar-refractivity contribution in [1.82, 2.24) is 9.88 Å². The van der Waals surface area contributed by atoms with Gasteiger partial charge in [0, 0.05) is 23.7 Å². The predicted octanol–water partition coefficient (Wildman–Crippen LogP) is 3.35. The number of thiophene rings is 1. The Morgan fingerprint density at radius 2 is 1.89 bits per heavy atom. The van der Waals surface area contributed by atoms with Crippen LogP contribution >= 0.6 is 11.3 Å². The van der Waals surface area contributed by atoms with Crippen molar-refractivity contribution in [3.05, 3.63) is 81.8 Å². The topological polar surface area (TPSA) is 77.4 Å². The first-order valence-corrected chi connectivity index (χ1v) is 9.56. The third-order valence-corrected chi connectivity index (χ3v) is 5.16. The molecule has 0 aliphatic carbocycles. The summed E-state index contributed by atoms with van der Waals surface area (Å²) in [5, 5.41) is 4.86. The van der Waals surface area contributed by atoms with Crippen LogP contribution in [-0.2, 0) is 16.6 Å². The van der Waals surface area contributed by atoms with Crippen molar-refractivity contribution in [2.75, 3.05) is 6.61 Å². The second-order valence-electron chi connectivity index (χ2n) is 6.28. The summed E-state index contributed by atoms with van der Waals surface area (Å²) >= 11 is 1.54. The van der Waals surface area contributed by atoms with Crippen molar-refractivity contribution >= 4 is 29.0 Å². The lowest BCUT2D eigenvalue weighted by atomic mass is 10.1. The molecular formula is C21H20N2O4S. The molecule has 1 atom stereocenters. The third-order valence-electron chi connectivity index (χ3n) is 4.22. The number of nitrogens with one attached hydrogen (secondary N) is 1. The molecule has 2 heterocycles. The SMILES string of the molecule is CC(=O)c1cc(C(=O)OCC(=O)N[C@H](c2ccccc2)c2cccs2)n(C)c1. The molecule has 0 saturated carbocycles. The molecule has 1 aromatic carbocycles. The first kappa shape index (κ1) is 19.6. The zero-order valence-electron chi connectivity index (χ0n) is 15.5. The minimum Gasteiger partial charge on any atom is -0.451 e. The van der Waals surface area contributed by atoms with E-state index in [9.17, 15) is 14.4 Å². The first-order valence-electron chi connectivity index (χ1n) is 8.68. The van der Waals surface area contributed by atoms with Gasteiger partial charge in [-0.05, 0) is 30.0 Å². The quantitative estimate of drug-likeness (QED) is 0.491. The van der Waals surface area contributed by atoms with E-state index in [2.05, 4.69) is 5.32 Å². The number of rotatable bonds is 7. The summed E-state index contributed by atoms with van der Waals surface area (Å²) in [6.45, 7) is 1.01. The maximum absolute atomic E-state index is 12.4. The smallest absolute Gasteiger partial charge is 0.355 e. The van der Waals surface area contributed by atoms with Crippen molar-refractivity contribution in [3.8, 4) is 0 Å². The van der Waals surface area contributed by atoms with E-state index in [1.807, 2.05) is 47.8 Å². The Bertz CT molecular complexity index is 977. The summed E-state index contributed by atoms with van der Waals surface area (Å²) in [4.78, 5) is 37.1. The van der Waals surface area contributed by atoms with Crippen LogP contribution < -0.4 is 5.32 Å². The van der Waals surface area contributed by atoms with Gasteiger partial charge in [-0.1, -0.05) is 36.4 Å². The van der Waals surface area contributed by atoms with Gasteiger partial charge in [-0.25, -0.2) is 4.79 Å². The maximum Gasteiger partial charge on any atom is 0.355 e. The van der Waals surface area contributed by atoms with Crippen molar-refractivity contribution in [2.24, 2.45) is 7.05 Å². The van der Waals surface area contributed by atoms with Gasteiger partial charge in [-0.3, -0.25) is 9.59 Å². The molecule has 0 radical (unpaired) electrons. The molecule has 1 amide bonds. The summed E-state index contributed by atoms with van der Waals surface area (Å²) in [6.07, 6.45) is 1.56. The lowest BCUT2D eigenvalue weighted by Crippen LogP contribution is -2.32. The van der Waals surface area contributed by atoms with E-state index in [0.29, 0.717) is 5.56 Å². The highest BCUT2D eigenvalue weighted by molar-refractivity contribution is 7.10. The molecule has 6 nitrogen and oxygen atoms in total. The van der Waals surface area contributed by atoms with Crippen LogP contribution in [0.2, 0.25) is 0 Å². The molecule has 0 saturated heterocycles. The fraction of sp³-hybridized carbons (Fsp3) is 0.190. The van der Waals surface area contributed by atoms with Crippen LogP contribution in [0.15, 0.2) is 60.1 Å². The molecular weight excluding hydrogens is 376 g/mol. The molecule has 0 bridgehead atoms. The predicted molar refractivity (Wildman–Crippen MR) is 106 cm³/mol. The van der Waals surface area contributed by atoms with Crippen LogP contribution in [0.3, 0.4) is 0 Å². The summed E-state index contributed by atoms with van der Waals surface area (Å²) in [6, 6.07) is 14.6. The molecule has 2 aromatic heterocycles. The second-order valence-corrected chi connectivity index (χ2v) is 7.26. The summed E-state index contributed by atoms with van der Waals surface area (Å²) in [5.74, 6) is -1.21. The summed E-state index contributed by atoms with van der Waals surface area (Å²) in [7, 11) is 1.64. The standard InChI is InChI=1S/C21H20N2O4S/c1-14(24)16-11-17(23(2)12-16)21(26)27-13-19(25)22-20(18-9-6-10-28-18)15-7-4-3-5-8-15/h3-12,20H,13H2,1-2H3,(H,22,25)/t20-/m1/s1. The van der Waals surface area contributed by atoms with Gasteiger partial charge in [0.2, 0.25) is 0 Å². The number of benzene rings is 1. The monoisotopic (exact) mass is 396 g/mol. The van der Waals surface area contributed by atoms with E-state index in [1.165, 1.54) is 28.9 Å². The van der Waals surface area contributed by atoms with Crippen LogP contribution in [0.1, 0.15) is 44.3 Å². The highest BCUT2D eigenvalue weighted by Gasteiger charge is 2.20. The van der Waals surface area contributed by atoms with Crippen LogP contribution in [0.5, 0.6) is 0 Å². The molecule has 7 heteroatoms. The van der Waals surface area contributed by atoms with Crippen molar-refractivity contribution < 1.29 is 19.1 Å². The Morgan fingerprint density at radius 1 is 1.14 bits per heavy atom. The summed E-state index contributed by atoms with van der Waals surface area (Å²) < 4.78 is 6.65.